The number of carbonyl (C=O) groups excluding carboxylic acids is 2. The molecule has 3 aromatic rings. The Morgan fingerprint density at radius 3 is 2.67 bits per heavy atom. The predicted molar refractivity (Wildman–Crippen MR) is 95.2 cm³/mol. The van der Waals surface area contributed by atoms with Crippen LogP contribution in [0.15, 0.2) is 36.4 Å². The summed E-state index contributed by atoms with van der Waals surface area (Å²) in [6.45, 7) is 2.32. The first-order chi connectivity index (χ1) is 11.5. The molecule has 3 rings (SSSR count). The van der Waals surface area contributed by atoms with Crippen molar-refractivity contribution in [2.75, 3.05) is 0 Å². The van der Waals surface area contributed by atoms with Crippen LogP contribution in [-0.4, -0.2) is 21.2 Å². The molecule has 1 aromatic carbocycles. The largest absolute Gasteiger partial charge is 0.349 e. The molecule has 1 amide bonds. The Balaban J connectivity index is 1.53. The molecule has 24 heavy (non-hydrogen) atoms. The Morgan fingerprint density at radius 1 is 1.17 bits per heavy atom. The fraction of sp³-hybridized carbons (Fsp3) is 0.278. The number of hydrogen-bond donors (Lipinski definition) is 1. The molecule has 6 heteroatoms. The lowest BCUT2D eigenvalue weighted by Gasteiger charge is -2.05. The van der Waals surface area contributed by atoms with Crippen molar-refractivity contribution < 1.29 is 9.59 Å². The molecular weight excluding hydrogens is 322 g/mol. The van der Waals surface area contributed by atoms with Crippen LogP contribution >= 0.6 is 11.3 Å². The van der Waals surface area contributed by atoms with Crippen LogP contribution in [0, 0.1) is 6.92 Å². The average molecular weight is 341 g/mol. The second-order valence-corrected chi connectivity index (χ2v) is 6.97. The maximum Gasteiger partial charge on any atom is 0.220 e. The maximum absolute atomic E-state index is 12.0. The molecule has 1 N–H and O–H groups in total. The van der Waals surface area contributed by atoms with Gasteiger partial charge in [-0.25, -0.2) is 4.98 Å². The smallest absolute Gasteiger partial charge is 0.220 e. The third kappa shape index (κ3) is 3.54. The molecule has 2 heterocycles. The fourth-order valence-corrected chi connectivity index (χ4v) is 3.39. The first kappa shape index (κ1) is 16.4. The minimum Gasteiger partial charge on any atom is -0.349 e. The summed E-state index contributed by atoms with van der Waals surface area (Å²) < 4.78 is 1.97. The van der Waals surface area contributed by atoms with Gasteiger partial charge in [0.25, 0.3) is 0 Å². The summed E-state index contributed by atoms with van der Waals surface area (Å²) in [6, 6.07) is 11.6. The Kier molecular flexibility index (Phi) is 4.76. The molecule has 0 fully saturated rings. The number of amides is 1. The zero-order valence-corrected chi connectivity index (χ0v) is 14.5. The van der Waals surface area contributed by atoms with Crippen molar-refractivity contribution >= 4 is 34.1 Å². The van der Waals surface area contributed by atoms with Gasteiger partial charge in [-0.1, -0.05) is 12.1 Å². The number of aromatic nitrogens is 2. The first-order valence-electron chi connectivity index (χ1n) is 7.81. The quantitative estimate of drug-likeness (QED) is 0.700. The van der Waals surface area contributed by atoms with Crippen LogP contribution in [0.5, 0.6) is 0 Å². The van der Waals surface area contributed by atoms with E-state index < -0.39 is 0 Å². The number of hydrogen-bond acceptors (Lipinski definition) is 4. The average Bonchev–Trinajstić information content (AvgIpc) is 3.15. The summed E-state index contributed by atoms with van der Waals surface area (Å²) in [6.07, 6.45) is 0.425. The van der Waals surface area contributed by atoms with Gasteiger partial charge in [0.1, 0.15) is 5.82 Å². The number of rotatable bonds is 6. The zero-order chi connectivity index (χ0) is 17.1. The lowest BCUT2D eigenvalue weighted by atomic mass is 10.2. The SMILES string of the molecule is Cc1ccc(C(=O)CCC(=O)NCc2nc3ccccc3n2C)s1. The van der Waals surface area contributed by atoms with Gasteiger partial charge in [-0.2, -0.15) is 0 Å². The number of ketones is 1. The molecule has 2 aromatic heterocycles. The lowest BCUT2D eigenvalue weighted by molar-refractivity contribution is -0.121. The number of nitrogens with one attached hydrogen (secondary N) is 1. The van der Waals surface area contributed by atoms with E-state index in [1.54, 1.807) is 0 Å². The van der Waals surface area contributed by atoms with Gasteiger partial charge in [-0.05, 0) is 31.2 Å². The van der Waals surface area contributed by atoms with Gasteiger partial charge in [0.05, 0.1) is 22.5 Å². The lowest BCUT2D eigenvalue weighted by Crippen LogP contribution is -2.24. The molecule has 0 aliphatic heterocycles. The van der Waals surface area contributed by atoms with E-state index >= 15 is 0 Å². The number of thiophene rings is 1. The molecule has 0 spiro atoms. The van der Waals surface area contributed by atoms with E-state index in [2.05, 4.69) is 10.3 Å². The minimum atomic E-state index is -0.135. The van der Waals surface area contributed by atoms with E-state index in [4.69, 9.17) is 0 Å². The molecule has 0 saturated heterocycles. The van der Waals surface area contributed by atoms with Crippen molar-refractivity contribution in [3.63, 3.8) is 0 Å². The molecule has 0 aliphatic carbocycles. The molecule has 0 atom stereocenters. The molecule has 0 saturated carbocycles. The number of imidazole rings is 1. The normalized spacial score (nSPS) is 10.9. The number of para-hydroxylation sites is 2. The Hall–Kier alpha value is -2.47. The molecule has 5 nitrogen and oxygen atoms in total. The molecular formula is C18H19N3O2S. The van der Waals surface area contributed by atoms with Crippen molar-refractivity contribution in [2.24, 2.45) is 7.05 Å². The summed E-state index contributed by atoms with van der Waals surface area (Å²) >= 11 is 1.47. The monoisotopic (exact) mass is 341 g/mol. The van der Waals surface area contributed by atoms with E-state index in [1.165, 1.54) is 11.3 Å². The molecule has 0 radical (unpaired) electrons. The second-order valence-electron chi connectivity index (χ2n) is 5.69. The second kappa shape index (κ2) is 6.97. The number of carbonyl (C=O) groups is 2. The van der Waals surface area contributed by atoms with Gasteiger partial charge in [0.15, 0.2) is 5.78 Å². The van der Waals surface area contributed by atoms with E-state index in [-0.39, 0.29) is 24.5 Å². The topological polar surface area (TPSA) is 64.0 Å². The van der Waals surface area contributed by atoms with Crippen molar-refractivity contribution in [1.82, 2.24) is 14.9 Å². The fourth-order valence-electron chi connectivity index (χ4n) is 2.55. The van der Waals surface area contributed by atoms with Gasteiger partial charge in [-0.3, -0.25) is 9.59 Å². The summed E-state index contributed by atoms with van der Waals surface area (Å²) in [7, 11) is 1.93. The van der Waals surface area contributed by atoms with E-state index in [0.29, 0.717) is 6.54 Å². The zero-order valence-electron chi connectivity index (χ0n) is 13.7. The van der Waals surface area contributed by atoms with Gasteiger partial charge in [0, 0.05) is 24.8 Å². The van der Waals surface area contributed by atoms with E-state index in [1.807, 2.05) is 54.9 Å². The van der Waals surface area contributed by atoms with Crippen molar-refractivity contribution in [3.8, 4) is 0 Å². The standard InChI is InChI=1S/C18H19N3O2S/c1-12-7-9-16(24-12)15(22)8-10-18(23)19-11-17-20-13-5-3-4-6-14(13)21(17)2/h3-7,9H,8,10-11H2,1-2H3,(H,19,23). The summed E-state index contributed by atoms with van der Waals surface area (Å²) in [5.74, 6) is 0.680. The number of Topliss-reactive ketones (excluding diaryl/α,β-unsaturated/α-hetero) is 1. The van der Waals surface area contributed by atoms with Crippen LogP contribution in [0.1, 0.15) is 33.2 Å². The molecule has 0 unspecified atom stereocenters. The van der Waals surface area contributed by atoms with Crippen LogP contribution < -0.4 is 5.32 Å². The number of aryl methyl sites for hydroxylation is 2. The minimum absolute atomic E-state index is 0.0194. The third-order valence-corrected chi connectivity index (χ3v) is 4.96. The van der Waals surface area contributed by atoms with Crippen LogP contribution in [-0.2, 0) is 18.4 Å². The molecule has 124 valence electrons. The Labute approximate surface area is 144 Å². The van der Waals surface area contributed by atoms with Crippen LogP contribution in [0.4, 0.5) is 0 Å². The van der Waals surface area contributed by atoms with Crippen LogP contribution in [0.3, 0.4) is 0 Å². The van der Waals surface area contributed by atoms with E-state index in [9.17, 15) is 9.59 Å². The number of fused-ring (bicyclic) bond motifs is 1. The highest BCUT2D eigenvalue weighted by atomic mass is 32.1. The Bertz CT molecular complexity index is 895. The van der Waals surface area contributed by atoms with Crippen molar-refractivity contribution in [2.45, 2.75) is 26.3 Å². The number of benzene rings is 1. The highest BCUT2D eigenvalue weighted by Gasteiger charge is 2.12. The summed E-state index contributed by atoms with van der Waals surface area (Å²) in [5, 5.41) is 2.84. The van der Waals surface area contributed by atoms with E-state index in [0.717, 1.165) is 26.6 Å². The van der Waals surface area contributed by atoms with Gasteiger partial charge in [-0.15, -0.1) is 11.3 Å². The van der Waals surface area contributed by atoms with Crippen LogP contribution in [0.2, 0.25) is 0 Å². The number of nitrogens with zero attached hydrogens (tertiary/aromatic N) is 2. The van der Waals surface area contributed by atoms with Crippen molar-refractivity contribution in [3.05, 3.63) is 52.0 Å². The summed E-state index contributed by atoms with van der Waals surface area (Å²) in [5.41, 5.74) is 1.94. The first-order valence-corrected chi connectivity index (χ1v) is 8.63. The predicted octanol–water partition coefficient (Wildman–Crippen LogP) is 3.22. The third-order valence-electron chi connectivity index (χ3n) is 3.92. The maximum atomic E-state index is 12.0. The Morgan fingerprint density at radius 2 is 1.96 bits per heavy atom. The summed E-state index contributed by atoms with van der Waals surface area (Å²) in [4.78, 5) is 30.3. The highest BCUT2D eigenvalue weighted by Crippen LogP contribution is 2.17. The van der Waals surface area contributed by atoms with Crippen LogP contribution in [0.25, 0.3) is 11.0 Å². The van der Waals surface area contributed by atoms with Gasteiger partial charge < -0.3 is 9.88 Å². The van der Waals surface area contributed by atoms with Crippen molar-refractivity contribution in [1.29, 1.82) is 0 Å². The highest BCUT2D eigenvalue weighted by molar-refractivity contribution is 7.14. The molecule has 0 bridgehead atoms. The van der Waals surface area contributed by atoms with Gasteiger partial charge in [0.2, 0.25) is 5.91 Å². The molecule has 0 aliphatic rings. The van der Waals surface area contributed by atoms with Gasteiger partial charge >= 0.3 is 0 Å².